The Morgan fingerprint density at radius 1 is 1.37 bits per heavy atom. The third kappa shape index (κ3) is 4.27. The molecule has 2 fully saturated rings. The molecule has 7 N–H and O–H groups in total. The van der Waals surface area contributed by atoms with Crippen molar-refractivity contribution in [1.82, 2.24) is 29.8 Å². The summed E-state index contributed by atoms with van der Waals surface area (Å²) in [5, 5.41) is 13.4. The normalized spacial score (nSPS) is 23.7. The molecule has 4 heterocycles. The summed E-state index contributed by atoms with van der Waals surface area (Å²) in [6.07, 6.45) is -1.66. The third-order valence-electron chi connectivity index (χ3n) is 5.33. The summed E-state index contributed by atoms with van der Waals surface area (Å²) in [6.45, 7) is 2.97. The van der Waals surface area contributed by atoms with Gasteiger partial charge < -0.3 is 16.2 Å². The number of aryl methyl sites for hydroxylation is 1. The van der Waals surface area contributed by atoms with Gasteiger partial charge in [-0.15, -0.1) is 11.3 Å². The number of anilines is 2. The molecule has 3 atom stereocenters. The van der Waals surface area contributed by atoms with Gasteiger partial charge in [-0.3, -0.25) is 24.0 Å². The van der Waals surface area contributed by atoms with Gasteiger partial charge in [-0.1, -0.05) is 0 Å². The number of β-lactam (4-membered cyclic amide) rings is 1. The number of hydrogen-bond donors (Lipinski definition) is 6. The van der Waals surface area contributed by atoms with Crippen LogP contribution in [-0.2, 0) is 35.0 Å². The summed E-state index contributed by atoms with van der Waals surface area (Å²) in [5.74, 6) is -3.32. The Bertz CT molecular complexity index is 1340. The smallest absolute Gasteiger partial charge is 0.339 e. The zero-order valence-electron chi connectivity index (χ0n) is 17.9. The molecule has 2 saturated heterocycles. The first-order valence-corrected chi connectivity index (χ1v) is 12.8. The Balaban J connectivity index is 1.40. The van der Waals surface area contributed by atoms with Crippen molar-refractivity contribution < 1.29 is 37.5 Å². The molecule has 2 aromatic rings. The van der Waals surface area contributed by atoms with Gasteiger partial charge in [0.05, 0.1) is 17.9 Å². The maximum atomic E-state index is 13.0. The molecule has 4 rings (SSSR count). The lowest BCUT2D eigenvalue weighted by molar-refractivity contribution is -0.235. The van der Waals surface area contributed by atoms with Crippen LogP contribution in [-0.4, -0.2) is 70.3 Å². The number of nitrogens with zero attached hydrogens (tertiary/aromatic N) is 3. The van der Waals surface area contributed by atoms with E-state index in [1.54, 1.807) is 18.6 Å². The number of carbonyl (C=O) groups is 4. The number of urea groups is 1. The SMILES string of the molecule is Cc1nsc(NS(=O)(=O)NC(=O)N2CC(NC(=O)C3(c4csc(N)n4)NO[C@@H]3C(=O)O)C2=O)c1C. The number of nitrogens with two attached hydrogens (primary N) is 1. The predicted octanol–water partition coefficient (Wildman–Crippen LogP) is -1.62. The van der Waals surface area contributed by atoms with Crippen LogP contribution >= 0.6 is 22.9 Å². The fourth-order valence-corrected chi connectivity index (χ4v) is 5.76. The molecule has 0 aliphatic carbocycles. The van der Waals surface area contributed by atoms with Crippen LogP contribution in [0.2, 0.25) is 0 Å². The molecular weight excluding hydrogens is 528 g/mol. The van der Waals surface area contributed by atoms with E-state index in [1.807, 2.05) is 0 Å². The number of carbonyl (C=O) groups excluding carboxylic acids is 3. The van der Waals surface area contributed by atoms with Gasteiger partial charge in [0, 0.05) is 10.9 Å². The van der Waals surface area contributed by atoms with E-state index in [0.29, 0.717) is 16.2 Å². The van der Waals surface area contributed by atoms with Crippen molar-refractivity contribution in [2.75, 3.05) is 17.0 Å². The van der Waals surface area contributed by atoms with E-state index in [2.05, 4.69) is 24.9 Å². The van der Waals surface area contributed by atoms with Gasteiger partial charge in [0.1, 0.15) is 11.0 Å². The number of nitrogens with one attached hydrogen (secondary N) is 4. The van der Waals surface area contributed by atoms with Crippen molar-refractivity contribution in [3.05, 3.63) is 22.3 Å². The van der Waals surface area contributed by atoms with Gasteiger partial charge >= 0.3 is 22.2 Å². The van der Waals surface area contributed by atoms with Crippen molar-refractivity contribution in [2.24, 2.45) is 0 Å². The number of amides is 4. The van der Waals surface area contributed by atoms with Crippen molar-refractivity contribution in [3.63, 3.8) is 0 Å². The highest BCUT2D eigenvalue weighted by molar-refractivity contribution is 7.91. The van der Waals surface area contributed by atoms with E-state index in [9.17, 15) is 32.7 Å². The second kappa shape index (κ2) is 8.68. The van der Waals surface area contributed by atoms with Crippen LogP contribution < -0.4 is 26.0 Å². The van der Waals surface area contributed by atoms with Crippen LogP contribution in [0.4, 0.5) is 14.9 Å². The van der Waals surface area contributed by atoms with Crippen LogP contribution in [0.5, 0.6) is 0 Å². The highest BCUT2D eigenvalue weighted by Crippen LogP contribution is 2.36. The van der Waals surface area contributed by atoms with Crippen molar-refractivity contribution >= 4 is 67.0 Å². The Morgan fingerprint density at radius 3 is 2.57 bits per heavy atom. The molecule has 0 saturated carbocycles. The van der Waals surface area contributed by atoms with Crippen LogP contribution in [0, 0.1) is 13.8 Å². The van der Waals surface area contributed by atoms with E-state index in [-0.39, 0.29) is 22.4 Å². The average Bonchev–Trinajstić information content (AvgIpc) is 3.29. The molecule has 35 heavy (non-hydrogen) atoms. The van der Waals surface area contributed by atoms with Gasteiger partial charge in [-0.05, 0) is 25.4 Å². The standard InChI is InChI=1S/C16H18N8O8S3/c1-5-6(2)20-34-10(5)21-35(30,31)22-15(29)24-3-7(11(24)25)18-13(28)16(8-4-33-14(17)19-8)9(12(26)27)32-23-16/h4,7,9,21,23H,3H2,1-2H3,(H2,17,19)(H,18,28)(H,22,29)(H,26,27)/t7?,9-,16?/m1/s1. The number of imide groups is 1. The highest BCUT2D eigenvalue weighted by Gasteiger charge is 2.62. The van der Waals surface area contributed by atoms with Crippen LogP contribution in [0.15, 0.2) is 5.38 Å². The number of rotatable bonds is 7. The van der Waals surface area contributed by atoms with Crippen LogP contribution in [0.3, 0.4) is 0 Å². The van der Waals surface area contributed by atoms with Gasteiger partial charge in [0.15, 0.2) is 5.13 Å². The van der Waals surface area contributed by atoms with Gasteiger partial charge in [0.25, 0.3) is 11.8 Å². The first-order valence-electron chi connectivity index (χ1n) is 9.62. The summed E-state index contributed by atoms with van der Waals surface area (Å²) in [6, 6.07) is -2.46. The molecule has 4 amide bonds. The topological polar surface area (TPSA) is 235 Å². The molecule has 19 heteroatoms. The summed E-state index contributed by atoms with van der Waals surface area (Å²) >= 11 is 1.86. The van der Waals surface area contributed by atoms with Gasteiger partial charge in [-0.25, -0.2) is 19.3 Å². The lowest BCUT2D eigenvalue weighted by Gasteiger charge is -2.46. The number of aromatic nitrogens is 2. The number of carboxylic acids is 1. The number of hydroxylamine groups is 1. The molecule has 0 aromatic carbocycles. The number of thiazole rings is 1. The molecule has 2 aliphatic rings. The lowest BCUT2D eigenvalue weighted by Crippen LogP contribution is -2.76. The molecule has 188 valence electrons. The molecule has 2 aliphatic heterocycles. The zero-order chi connectivity index (χ0) is 25.7. The van der Waals surface area contributed by atoms with E-state index >= 15 is 0 Å². The number of likely N-dealkylation sites (tertiary alicyclic amines) is 1. The van der Waals surface area contributed by atoms with Crippen molar-refractivity contribution in [2.45, 2.75) is 31.5 Å². The number of hydrogen-bond acceptors (Lipinski definition) is 13. The highest BCUT2D eigenvalue weighted by atomic mass is 32.2. The Morgan fingerprint density at radius 2 is 2.09 bits per heavy atom. The molecule has 0 bridgehead atoms. The quantitative estimate of drug-likeness (QED) is 0.215. The Labute approximate surface area is 205 Å². The third-order valence-corrected chi connectivity index (χ3v) is 8.00. The number of carboxylic acid groups (broad SMARTS) is 1. The molecule has 2 unspecified atom stereocenters. The second-order valence-corrected chi connectivity index (χ2v) is 10.6. The minimum atomic E-state index is -4.37. The average molecular weight is 547 g/mol. The van der Waals surface area contributed by atoms with Crippen LogP contribution in [0.1, 0.15) is 17.0 Å². The van der Waals surface area contributed by atoms with E-state index < -0.39 is 51.7 Å². The predicted molar refractivity (Wildman–Crippen MR) is 120 cm³/mol. The maximum absolute atomic E-state index is 13.0. The van der Waals surface area contributed by atoms with Gasteiger partial charge in [0.2, 0.25) is 11.6 Å². The molecule has 0 radical (unpaired) electrons. The number of nitrogen functional groups attached to an aromatic ring is 1. The molecule has 16 nitrogen and oxygen atoms in total. The first kappa shape index (κ1) is 24.7. The molecule has 0 spiro atoms. The van der Waals surface area contributed by atoms with E-state index in [0.717, 1.165) is 22.9 Å². The summed E-state index contributed by atoms with van der Waals surface area (Å²) < 4.78 is 32.4. The number of aliphatic carboxylic acids is 1. The van der Waals surface area contributed by atoms with E-state index in [1.165, 1.54) is 5.38 Å². The molecular formula is C16H18N8O8S3. The lowest BCUT2D eigenvalue weighted by atomic mass is 9.85. The zero-order valence-corrected chi connectivity index (χ0v) is 20.3. The van der Waals surface area contributed by atoms with Crippen molar-refractivity contribution in [1.29, 1.82) is 0 Å². The fourth-order valence-electron chi connectivity index (χ4n) is 3.23. The monoisotopic (exact) mass is 546 g/mol. The fraction of sp³-hybridized carbons (Fsp3) is 0.375. The van der Waals surface area contributed by atoms with Gasteiger partial charge in [-0.2, -0.15) is 18.3 Å². The maximum Gasteiger partial charge on any atom is 0.339 e. The summed E-state index contributed by atoms with van der Waals surface area (Å²) in [4.78, 5) is 58.6. The minimum Gasteiger partial charge on any atom is -0.479 e. The summed E-state index contributed by atoms with van der Waals surface area (Å²) in [5.41, 5.74) is 7.09. The Hall–Kier alpha value is -3.39. The largest absolute Gasteiger partial charge is 0.479 e. The van der Waals surface area contributed by atoms with E-state index in [4.69, 9.17) is 10.6 Å². The van der Waals surface area contributed by atoms with Crippen molar-refractivity contribution in [3.8, 4) is 0 Å². The second-order valence-electron chi connectivity index (χ2n) is 7.53. The van der Waals surface area contributed by atoms with Crippen LogP contribution in [0.25, 0.3) is 0 Å². The first-order chi connectivity index (χ1) is 16.4. The Kier molecular flexibility index (Phi) is 6.13. The molecule has 2 aromatic heterocycles. The summed E-state index contributed by atoms with van der Waals surface area (Å²) in [7, 11) is -4.37. The minimum absolute atomic E-state index is 0.0247.